The Kier molecular flexibility index (Phi) is 4.93. The number of nitrogens with zero attached hydrogens (tertiary/aromatic N) is 1. The van der Waals surface area contributed by atoms with Crippen molar-refractivity contribution < 1.29 is 32.6 Å². The second-order valence-corrected chi connectivity index (χ2v) is 4.03. The fourth-order valence-corrected chi connectivity index (χ4v) is 1.66. The lowest BCUT2D eigenvalue weighted by Crippen LogP contribution is -2.29. The van der Waals surface area contributed by atoms with Crippen LogP contribution < -0.4 is 0 Å². The Labute approximate surface area is 107 Å². The van der Waals surface area contributed by atoms with Gasteiger partial charge in [0, 0.05) is 25.5 Å². The Balaban J connectivity index is 2.92. The minimum absolute atomic E-state index is 0.0150. The number of hydrogen-bond donors (Lipinski definition) is 1. The molecule has 1 atom stereocenters. The topological polar surface area (TPSA) is 66.8 Å². The van der Waals surface area contributed by atoms with E-state index in [9.17, 15) is 22.8 Å². The first-order valence-corrected chi connectivity index (χ1v) is 5.66. The number of aliphatic hydroxyl groups is 1. The summed E-state index contributed by atoms with van der Waals surface area (Å²) in [4.78, 5) is 23.4. The third kappa shape index (κ3) is 3.95. The lowest BCUT2D eigenvalue weighted by molar-refractivity contribution is -0.165. The van der Waals surface area contributed by atoms with Crippen LogP contribution in [0.3, 0.4) is 0 Å². The van der Waals surface area contributed by atoms with E-state index >= 15 is 0 Å². The zero-order chi connectivity index (χ0) is 14.6. The number of allylic oxidation sites excluding steroid dienone is 1. The van der Waals surface area contributed by atoms with Crippen molar-refractivity contribution in [3.8, 4) is 0 Å². The number of carbonyl (C=O) groups excluding carboxylic acids is 2. The van der Waals surface area contributed by atoms with Gasteiger partial charge in [0.2, 0.25) is 5.91 Å². The van der Waals surface area contributed by atoms with E-state index in [4.69, 9.17) is 9.84 Å². The van der Waals surface area contributed by atoms with Crippen molar-refractivity contribution in [2.24, 2.45) is 5.92 Å². The molecule has 0 spiro atoms. The number of likely N-dealkylation sites (tertiary alicyclic amines) is 1. The number of halogens is 3. The number of ether oxygens (including phenoxy) is 1. The van der Waals surface area contributed by atoms with E-state index < -0.39 is 23.7 Å². The van der Waals surface area contributed by atoms with Crippen molar-refractivity contribution in [1.82, 2.24) is 4.90 Å². The minimum Gasteiger partial charge on any atom is -0.479 e. The quantitative estimate of drug-likeness (QED) is 0.599. The first-order chi connectivity index (χ1) is 8.79. The number of ketones is 1. The predicted octanol–water partition coefficient (Wildman–Crippen LogP) is 0.837. The second-order valence-electron chi connectivity index (χ2n) is 4.03. The van der Waals surface area contributed by atoms with Gasteiger partial charge in [0.25, 0.3) is 5.78 Å². The lowest BCUT2D eigenvalue weighted by Gasteiger charge is -2.20. The molecule has 0 aromatic carbocycles. The highest BCUT2D eigenvalue weighted by Crippen LogP contribution is 2.24. The first kappa shape index (κ1) is 15.5. The molecule has 0 bridgehead atoms. The number of alkyl halides is 3. The molecule has 1 heterocycles. The van der Waals surface area contributed by atoms with Crippen LogP contribution >= 0.6 is 0 Å². The van der Waals surface area contributed by atoms with Gasteiger partial charge in [0.05, 0.1) is 12.7 Å². The number of aliphatic hydroxyl groups excluding tert-OH is 1. The predicted molar refractivity (Wildman–Crippen MR) is 57.7 cm³/mol. The van der Waals surface area contributed by atoms with E-state index in [0.717, 1.165) is 4.90 Å². The largest absolute Gasteiger partial charge is 0.479 e. The van der Waals surface area contributed by atoms with Gasteiger partial charge in [0.1, 0.15) is 0 Å². The average molecular weight is 281 g/mol. The van der Waals surface area contributed by atoms with Crippen LogP contribution in [0.2, 0.25) is 0 Å². The molecule has 19 heavy (non-hydrogen) atoms. The second kappa shape index (κ2) is 6.05. The molecule has 1 fully saturated rings. The maximum atomic E-state index is 12.2. The van der Waals surface area contributed by atoms with Gasteiger partial charge < -0.3 is 9.84 Å². The highest BCUT2D eigenvalue weighted by Gasteiger charge is 2.39. The molecule has 1 aliphatic rings. The summed E-state index contributed by atoms with van der Waals surface area (Å²) < 4.78 is 41.5. The van der Waals surface area contributed by atoms with Crippen LogP contribution in [0.25, 0.3) is 0 Å². The maximum Gasteiger partial charge on any atom is 0.454 e. The van der Waals surface area contributed by atoms with Crippen molar-refractivity contribution in [1.29, 1.82) is 0 Å². The summed E-state index contributed by atoms with van der Waals surface area (Å²) in [5.41, 5.74) is 0. The van der Waals surface area contributed by atoms with E-state index in [2.05, 4.69) is 0 Å². The Morgan fingerprint density at radius 2 is 2.21 bits per heavy atom. The first-order valence-electron chi connectivity index (χ1n) is 5.66. The van der Waals surface area contributed by atoms with Crippen molar-refractivity contribution in [3.63, 3.8) is 0 Å². The number of amides is 1. The van der Waals surface area contributed by atoms with Crippen molar-refractivity contribution in [2.75, 3.05) is 19.8 Å². The fraction of sp³-hybridized carbons (Fsp3) is 0.636. The van der Waals surface area contributed by atoms with Gasteiger partial charge in [-0.2, -0.15) is 13.2 Å². The maximum absolute atomic E-state index is 12.2. The number of rotatable bonds is 5. The zero-order valence-corrected chi connectivity index (χ0v) is 10.2. The Morgan fingerprint density at radius 1 is 1.58 bits per heavy atom. The molecule has 1 N–H and O–H groups in total. The molecule has 0 radical (unpaired) electrons. The van der Waals surface area contributed by atoms with E-state index in [0.29, 0.717) is 0 Å². The van der Waals surface area contributed by atoms with E-state index in [-0.39, 0.29) is 38.2 Å². The Hall–Kier alpha value is -1.57. The van der Waals surface area contributed by atoms with Crippen LogP contribution in [0.5, 0.6) is 0 Å². The molecule has 0 aliphatic carbocycles. The summed E-state index contributed by atoms with van der Waals surface area (Å²) in [5.74, 6) is -3.35. The summed E-state index contributed by atoms with van der Waals surface area (Å²) in [6, 6.07) is 0. The average Bonchev–Trinajstić information content (AvgIpc) is 2.68. The Morgan fingerprint density at radius 3 is 2.63 bits per heavy atom. The molecule has 108 valence electrons. The van der Waals surface area contributed by atoms with Gasteiger partial charge in [-0.15, -0.1) is 0 Å². The molecule has 1 aliphatic heterocycles. The van der Waals surface area contributed by atoms with Crippen LogP contribution in [0.15, 0.2) is 12.0 Å². The van der Waals surface area contributed by atoms with Crippen LogP contribution in [-0.2, 0) is 14.3 Å². The normalized spacial score (nSPS) is 20.9. The third-order valence-electron chi connectivity index (χ3n) is 2.56. The van der Waals surface area contributed by atoms with Crippen LogP contribution in [0.1, 0.15) is 13.3 Å². The van der Waals surface area contributed by atoms with Gasteiger partial charge in [-0.05, 0) is 6.92 Å². The van der Waals surface area contributed by atoms with Gasteiger partial charge >= 0.3 is 6.18 Å². The van der Waals surface area contributed by atoms with E-state index in [1.54, 1.807) is 0 Å². The molecule has 0 aromatic heterocycles. The summed E-state index contributed by atoms with van der Waals surface area (Å²) in [5, 5.41) is 8.94. The molecular weight excluding hydrogens is 267 g/mol. The van der Waals surface area contributed by atoms with Gasteiger partial charge in [0.15, 0.2) is 5.88 Å². The monoisotopic (exact) mass is 281 g/mol. The van der Waals surface area contributed by atoms with Crippen molar-refractivity contribution in [2.45, 2.75) is 19.5 Å². The third-order valence-corrected chi connectivity index (χ3v) is 2.56. The smallest absolute Gasteiger partial charge is 0.454 e. The standard InChI is InChI=1S/C11H14F3NO4/c1-2-19-10(4-8(17)11(12,13)14)15-5-7(6-16)3-9(15)18/h4,7,16H,2-3,5-6H2,1H3. The molecule has 1 unspecified atom stereocenters. The molecule has 0 aromatic rings. The van der Waals surface area contributed by atoms with E-state index in [1.807, 2.05) is 0 Å². The lowest BCUT2D eigenvalue weighted by atomic mass is 10.1. The van der Waals surface area contributed by atoms with E-state index in [1.165, 1.54) is 6.92 Å². The summed E-state index contributed by atoms with van der Waals surface area (Å²) in [7, 11) is 0. The molecular formula is C11H14F3NO4. The van der Waals surface area contributed by atoms with Gasteiger partial charge in [-0.25, -0.2) is 0 Å². The summed E-state index contributed by atoms with van der Waals surface area (Å²) >= 11 is 0. The SMILES string of the molecule is CCOC(=CC(=O)C(F)(F)F)N1CC(CO)CC1=O. The summed E-state index contributed by atoms with van der Waals surface area (Å²) in [6.07, 6.45) is -4.73. The minimum atomic E-state index is -5.01. The molecule has 1 saturated heterocycles. The van der Waals surface area contributed by atoms with Crippen LogP contribution in [0, 0.1) is 5.92 Å². The number of hydrogen-bond acceptors (Lipinski definition) is 4. The van der Waals surface area contributed by atoms with Gasteiger partial charge in [-0.1, -0.05) is 0 Å². The Bertz CT molecular complexity index is 392. The molecule has 8 heteroatoms. The number of carbonyl (C=O) groups is 2. The molecule has 0 saturated carbocycles. The van der Waals surface area contributed by atoms with Crippen LogP contribution in [0.4, 0.5) is 13.2 Å². The summed E-state index contributed by atoms with van der Waals surface area (Å²) in [6.45, 7) is 1.32. The fourth-order valence-electron chi connectivity index (χ4n) is 1.66. The molecule has 5 nitrogen and oxygen atoms in total. The van der Waals surface area contributed by atoms with Crippen molar-refractivity contribution in [3.05, 3.63) is 12.0 Å². The molecule has 1 amide bonds. The van der Waals surface area contributed by atoms with Gasteiger partial charge in [-0.3, -0.25) is 14.5 Å². The van der Waals surface area contributed by atoms with Crippen molar-refractivity contribution >= 4 is 11.7 Å². The highest BCUT2D eigenvalue weighted by atomic mass is 19.4. The highest BCUT2D eigenvalue weighted by molar-refractivity contribution is 5.95. The van der Waals surface area contributed by atoms with Crippen LogP contribution in [-0.4, -0.2) is 47.6 Å². The molecule has 1 rings (SSSR count). The zero-order valence-electron chi connectivity index (χ0n) is 10.2.